The van der Waals surface area contributed by atoms with E-state index in [-0.39, 0.29) is 36.4 Å². The molecule has 2 rings (SSSR count). The van der Waals surface area contributed by atoms with Gasteiger partial charge in [0.1, 0.15) is 6.54 Å². The molecule has 0 saturated carbocycles. The summed E-state index contributed by atoms with van der Waals surface area (Å²) >= 11 is 0. The molecular weight excluding hydrogens is 453 g/mol. The summed E-state index contributed by atoms with van der Waals surface area (Å²) in [7, 11) is 3.51. The number of halogens is 1. The molecule has 0 radical (unpaired) electrons. The van der Waals surface area contributed by atoms with E-state index in [1.807, 2.05) is 0 Å². The van der Waals surface area contributed by atoms with Gasteiger partial charge in [-0.2, -0.15) is 0 Å². The summed E-state index contributed by atoms with van der Waals surface area (Å²) in [5.41, 5.74) is 1.34. The lowest BCUT2D eigenvalue weighted by Crippen LogP contribution is -2.45. The summed E-state index contributed by atoms with van der Waals surface area (Å²) < 4.78 is 0. The molecule has 152 valence electrons. The first-order valence-corrected chi connectivity index (χ1v) is 9.52. The van der Waals surface area contributed by atoms with Crippen LogP contribution >= 0.6 is 24.0 Å². The molecule has 6 nitrogen and oxygen atoms in total. The number of likely N-dealkylation sites (tertiary alicyclic amines) is 1. The van der Waals surface area contributed by atoms with Crippen LogP contribution in [0.5, 0.6) is 0 Å². The van der Waals surface area contributed by atoms with Crippen molar-refractivity contribution >= 4 is 35.8 Å². The average molecular weight is 487 g/mol. The fourth-order valence-electron chi connectivity index (χ4n) is 3.12. The van der Waals surface area contributed by atoms with Gasteiger partial charge in [0.2, 0.25) is 5.91 Å². The maximum absolute atomic E-state index is 11.8. The molecule has 2 N–H and O–H groups in total. The van der Waals surface area contributed by atoms with Crippen LogP contribution in [0.2, 0.25) is 0 Å². The number of carbonyl (C=O) groups excluding carboxylic acids is 1. The fourth-order valence-corrected chi connectivity index (χ4v) is 3.12. The molecule has 1 heterocycles. The predicted molar refractivity (Wildman–Crippen MR) is 123 cm³/mol. The number of nitrogens with one attached hydrogen (secondary N) is 2. The van der Waals surface area contributed by atoms with E-state index < -0.39 is 0 Å². The number of rotatable bonds is 7. The van der Waals surface area contributed by atoms with E-state index in [4.69, 9.17) is 0 Å². The van der Waals surface area contributed by atoms with Crippen molar-refractivity contribution in [1.29, 1.82) is 0 Å². The number of hydrogen-bond acceptors (Lipinski definition) is 3. The molecule has 0 spiro atoms. The molecule has 2 atom stereocenters. The molecule has 7 heteroatoms. The van der Waals surface area contributed by atoms with Crippen LogP contribution in [0.15, 0.2) is 35.3 Å². The van der Waals surface area contributed by atoms with Crippen molar-refractivity contribution < 1.29 is 4.79 Å². The summed E-state index contributed by atoms with van der Waals surface area (Å²) in [5, 5.41) is 6.84. The summed E-state index contributed by atoms with van der Waals surface area (Å²) in [6.45, 7) is 7.35. The Morgan fingerprint density at radius 1 is 1.30 bits per heavy atom. The van der Waals surface area contributed by atoms with Gasteiger partial charge in [-0.3, -0.25) is 9.69 Å². The molecule has 1 aliphatic heterocycles. The number of aliphatic imine (C=N–C) groups is 1. The third-order valence-corrected chi connectivity index (χ3v) is 4.69. The van der Waals surface area contributed by atoms with Gasteiger partial charge in [-0.1, -0.05) is 37.3 Å². The maximum Gasteiger partial charge on any atom is 0.243 e. The zero-order valence-corrected chi connectivity index (χ0v) is 19.3. The number of likely N-dealkylation sites (N-methyl/N-ethyl adjacent to an activating group) is 1. The largest absolute Gasteiger partial charge is 0.356 e. The van der Waals surface area contributed by atoms with E-state index in [9.17, 15) is 4.79 Å². The van der Waals surface area contributed by atoms with Gasteiger partial charge in [0.15, 0.2) is 5.96 Å². The standard InChI is InChI=1S/C20H33N5O.HI/c1-5-11-21-20(22-13-19(26)24(3)4)23-18-12-16(2)25(15-18)14-17-9-7-6-8-10-17;/h6-10,16,18H,5,11-15H2,1-4H3,(H2,21,22,23);1H. The average Bonchev–Trinajstić information content (AvgIpc) is 2.96. The van der Waals surface area contributed by atoms with E-state index in [2.05, 4.69) is 64.7 Å². The van der Waals surface area contributed by atoms with Gasteiger partial charge in [0.25, 0.3) is 0 Å². The fraction of sp³-hybridized carbons (Fsp3) is 0.600. The molecule has 1 amide bonds. The Morgan fingerprint density at radius 3 is 2.63 bits per heavy atom. The number of benzene rings is 1. The highest BCUT2D eigenvalue weighted by molar-refractivity contribution is 14.0. The highest BCUT2D eigenvalue weighted by Gasteiger charge is 2.29. The quantitative estimate of drug-likeness (QED) is 0.352. The Morgan fingerprint density at radius 2 is 2.00 bits per heavy atom. The normalized spacial score (nSPS) is 20.1. The minimum absolute atomic E-state index is 0. The molecule has 1 aliphatic rings. The summed E-state index contributed by atoms with van der Waals surface area (Å²) in [6.07, 6.45) is 2.09. The monoisotopic (exact) mass is 487 g/mol. The molecule has 0 aromatic heterocycles. The highest BCUT2D eigenvalue weighted by Crippen LogP contribution is 2.20. The van der Waals surface area contributed by atoms with Crippen LogP contribution in [0.1, 0.15) is 32.3 Å². The third-order valence-electron chi connectivity index (χ3n) is 4.69. The van der Waals surface area contributed by atoms with Crippen molar-refractivity contribution in [2.24, 2.45) is 4.99 Å². The first kappa shape index (κ1) is 23.7. The zero-order chi connectivity index (χ0) is 18.9. The van der Waals surface area contributed by atoms with Crippen molar-refractivity contribution in [3.05, 3.63) is 35.9 Å². The molecular formula is C20H34IN5O. The Balaban J connectivity index is 0.00000364. The van der Waals surface area contributed by atoms with Gasteiger partial charge in [-0.05, 0) is 25.3 Å². The molecule has 27 heavy (non-hydrogen) atoms. The molecule has 1 fully saturated rings. The zero-order valence-electron chi connectivity index (χ0n) is 16.9. The molecule has 0 bridgehead atoms. The van der Waals surface area contributed by atoms with Crippen LogP contribution in [0.25, 0.3) is 0 Å². The van der Waals surface area contributed by atoms with Crippen LogP contribution in [-0.4, -0.2) is 67.5 Å². The summed E-state index contributed by atoms with van der Waals surface area (Å²) in [6, 6.07) is 11.4. The van der Waals surface area contributed by atoms with Crippen molar-refractivity contribution in [3.63, 3.8) is 0 Å². The van der Waals surface area contributed by atoms with Crippen LogP contribution in [0.4, 0.5) is 0 Å². The smallest absolute Gasteiger partial charge is 0.243 e. The van der Waals surface area contributed by atoms with Gasteiger partial charge < -0.3 is 15.5 Å². The highest BCUT2D eigenvalue weighted by atomic mass is 127. The van der Waals surface area contributed by atoms with Crippen LogP contribution in [0.3, 0.4) is 0 Å². The number of hydrogen-bond donors (Lipinski definition) is 2. The lowest BCUT2D eigenvalue weighted by molar-refractivity contribution is -0.127. The molecule has 2 unspecified atom stereocenters. The lowest BCUT2D eigenvalue weighted by atomic mass is 10.2. The number of guanidine groups is 1. The van der Waals surface area contributed by atoms with Gasteiger partial charge in [0.05, 0.1) is 0 Å². The van der Waals surface area contributed by atoms with Gasteiger partial charge >= 0.3 is 0 Å². The Kier molecular flexibility index (Phi) is 10.7. The van der Waals surface area contributed by atoms with Crippen LogP contribution in [0, 0.1) is 0 Å². The molecule has 0 aliphatic carbocycles. The third kappa shape index (κ3) is 8.04. The maximum atomic E-state index is 11.8. The number of carbonyl (C=O) groups is 1. The van der Waals surface area contributed by atoms with E-state index in [0.29, 0.717) is 12.1 Å². The van der Waals surface area contributed by atoms with Gasteiger partial charge in [0, 0.05) is 45.8 Å². The summed E-state index contributed by atoms with van der Waals surface area (Å²) in [5.74, 6) is 0.744. The number of nitrogens with zero attached hydrogens (tertiary/aromatic N) is 3. The molecule has 1 saturated heterocycles. The van der Waals surface area contributed by atoms with Crippen LogP contribution < -0.4 is 10.6 Å². The van der Waals surface area contributed by atoms with Crippen LogP contribution in [-0.2, 0) is 11.3 Å². The predicted octanol–water partition coefficient (Wildman–Crippen LogP) is 2.30. The Hall–Kier alpha value is -1.35. The van der Waals surface area contributed by atoms with E-state index in [1.165, 1.54) is 5.56 Å². The van der Waals surface area contributed by atoms with E-state index in [0.717, 1.165) is 38.4 Å². The lowest BCUT2D eigenvalue weighted by Gasteiger charge is -2.21. The second-order valence-corrected chi connectivity index (χ2v) is 7.22. The second-order valence-electron chi connectivity index (χ2n) is 7.22. The van der Waals surface area contributed by atoms with Gasteiger partial charge in [-0.15, -0.1) is 24.0 Å². The molecule has 1 aromatic rings. The Bertz CT molecular complexity index is 593. The SMILES string of the molecule is CCCNC(=NCC(=O)N(C)C)NC1CC(C)N(Cc2ccccc2)C1.I. The minimum atomic E-state index is 0. The van der Waals surface area contributed by atoms with E-state index >= 15 is 0 Å². The van der Waals surface area contributed by atoms with E-state index in [1.54, 1.807) is 19.0 Å². The second kappa shape index (κ2) is 12.2. The number of amides is 1. The summed E-state index contributed by atoms with van der Waals surface area (Å²) in [4.78, 5) is 20.4. The van der Waals surface area contributed by atoms with Crippen molar-refractivity contribution in [2.75, 3.05) is 33.7 Å². The minimum Gasteiger partial charge on any atom is -0.356 e. The van der Waals surface area contributed by atoms with Gasteiger partial charge in [-0.25, -0.2) is 4.99 Å². The van der Waals surface area contributed by atoms with Crippen molar-refractivity contribution in [3.8, 4) is 0 Å². The van der Waals surface area contributed by atoms with Crippen molar-refractivity contribution in [1.82, 2.24) is 20.4 Å². The first-order chi connectivity index (χ1) is 12.5. The topological polar surface area (TPSA) is 60.0 Å². The molecule has 1 aromatic carbocycles. The Labute approximate surface area is 180 Å². The van der Waals surface area contributed by atoms with Crippen molar-refractivity contribution in [2.45, 2.75) is 45.3 Å². The first-order valence-electron chi connectivity index (χ1n) is 9.52.